The molecule has 0 saturated heterocycles. The monoisotopic (exact) mass is 300 g/mol. The van der Waals surface area contributed by atoms with E-state index < -0.39 is 0 Å². The standard InChI is InChI=1S/C20H16N2O/c1-2-6-16(7-3-1)15-23-18-9-10-19-17(14-18)11-13-22(19)20-8-4-5-12-21-20/h1-14H,15H2. The van der Waals surface area contributed by atoms with Gasteiger partial charge in [-0.1, -0.05) is 36.4 Å². The van der Waals surface area contributed by atoms with E-state index >= 15 is 0 Å². The molecule has 3 heteroatoms. The number of nitrogens with zero attached hydrogens (tertiary/aromatic N) is 2. The van der Waals surface area contributed by atoms with Crippen molar-refractivity contribution in [2.45, 2.75) is 6.61 Å². The first-order valence-electron chi connectivity index (χ1n) is 7.59. The summed E-state index contributed by atoms with van der Waals surface area (Å²) >= 11 is 0. The van der Waals surface area contributed by atoms with Gasteiger partial charge in [0.05, 0.1) is 5.52 Å². The highest BCUT2D eigenvalue weighted by Crippen LogP contribution is 2.24. The van der Waals surface area contributed by atoms with Crippen LogP contribution in [-0.4, -0.2) is 9.55 Å². The molecule has 0 amide bonds. The van der Waals surface area contributed by atoms with E-state index in [9.17, 15) is 0 Å². The smallest absolute Gasteiger partial charge is 0.137 e. The van der Waals surface area contributed by atoms with Crippen molar-refractivity contribution in [2.24, 2.45) is 0 Å². The number of pyridine rings is 1. The van der Waals surface area contributed by atoms with Gasteiger partial charge in [-0.15, -0.1) is 0 Å². The normalized spacial score (nSPS) is 10.8. The van der Waals surface area contributed by atoms with Gasteiger partial charge in [0.1, 0.15) is 18.2 Å². The van der Waals surface area contributed by atoms with Crippen LogP contribution in [0.5, 0.6) is 5.75 Å². The molecule has 0 spiro atoms. The van der Waals surface area contributed by atoms with Gasteiger partial charge >= 0.3 is 0 Å². The number of ether oxygens (including phenoxy) is 1. The molecule has 0 fully saturated rings. The molecule has 2 aromatic carbocycles. The third kappa shape index (κ3) is 2.81. The van der Waals surface area contributed by atoms with E-state index in [4.69, 9.17) is 4.74 Å². The van der Waals surface area contributed by atoms with E-state index in [1.54, 1.807) is 6.20 Å². The quantitative estimate of drug-likeness (QED) is 0.550. The van der Waals surface area contributed by atoms with E-state index in [0.717, 1.165) is 22.5 Å². The Kier molecular flexibility index (Phi) is 3.53. The first-order valence-corrected chi connectivity index (χ1v) is 7.59. The van der Waals surface area contributed by atoms with Crippen LogP contribution in [0.25, 0.3) is 16.7 Å². The molecule has 0 aliphatic heterocycles. The van der Waals surface area contributed by atoms with Crippen molar-refractivity contribution in [3.63, 3.8) is 0 Å². The second-order valence-corrected chi connectivity index (χ2v) is 5.37. The minimum Gasteiger partial charge on any atom is -0.489 e. The van der Waals surface area contributed by atoms with Gasteiger partial charge in [-0.25, -0.2) is 4.98 Å². The summed E-state index contributed by atoms with van der Waals surface area (Å²) in [5.74, 6) is 1.79. The lowest BCUT2D eigenvalue weighted by Gasteiger charge is -2.08. The molecule has 0 N–H and O–H groups in total. The Morgan fingerprint density at radius 2 is 1.74 bits per heavy atom. The maximum atomic E-state index is 5.89. The molecule has 4 aromatic rings. The molecule has 2 aromatic heterocycles. The van der Waals surface area contributed by atoms with E-state index in [2.05, 4.69) is 39.9 Å². The van der Waals surface area contributed by atoms with Crippen molar-refractivity contribution in [1.29, 1.82) is 0 Å². The first-order chi connectivity index (χ1) is 11.4. The second kappa shape index (κ2) is 5.97. The van der Waals surface area contributed by atoms with Gasteiger partial charge in [-0.2, -0.15) is 0 Å². The van der Waals surface area contributed by atoms with Gasteiger partial charge in [-0.05, 0) is 42.0 Å². The van der Waals surface area contributed by atoms with Crippen molar-refractivity contribution in [2.75, 3.05) is 0 Å². The van der Waals surface area contributed by atoms with Crippen molar-refractivity contribution >= 4 is 10.9 Å². The van der Waals surface area contributed by atoms with Crippen LogP contribution in [-0.2, 0) is 6.61 Å². The molecule has 0 unspecified atom stereocenters. The fourth-order valence-electron chi connectivity index (χ4n) is 2.65. The summed E-state index contributed by atoms with van der Waals surface area (Å²) in [6.07, 6.45) is 3.84. The summed E-state index contributed by atoms with van der Waals surface area (Å²) < 4.78 is 7.97. The first kappa shape index (κ1) is 13.6. The molecule has 23 heavy (non-hydrogen) atoms. The molecular formula is C20H16N2O. The average molecular weight is 300 g/mol. The number of rotatable bonds is 4. The highest BCUT2D eigenvalue weighted by Gasteiger charge is 2.05. The second-order valence-electron chi connectivity index (χ2n) is 5.37. The Bertz CT molecular complexity index is 914. The third-order valence-corrected chi connectivity index (χ3v) is 3.81. The molecule has 0 bridgehead atoms. The van der Waals surface area contributed by atoms with Crippen molar-refractivity contribution < 1.29 is 4.74 Å². The molecular weight excluding hydrogens is 284 g/mol. The van der Waals surface area contributed by atoms with Crippen LogP contribution in [0, 0.1) is 0 Å². The van der Waals surface area contributed by atoms with Gasteiger partial charge in [0.15, 0.2) is 0 Å². The Labute approximate surface area is 134 Å². The van der Waals surface area contributed by atoms with Crippen LogP contribution in [0.3, 0.4) is 0 Å². The van der Waals surface area contributed by atoms with Crippen molar-refractivity contribution in [3.8, 4) is 11.6 Å². The summed E-state index contributed by atoms with van der Waals surface area (Å²) in [4.78, 5) is 4.40. The predicted molar refractivity (Wildman–Crippen MR) is 91.8 cm³/mol. The lowest BCUT2D eigenvalue weighted by Crippen LogP contribution is -1.96. The molecule has 0 radical (unpaired) electrons. The van der Waals surface area contributed by atoms with Crippen LogP contribution in [0.4, 0.5) is 0 Å². The van der Waals surface area contributed by atoms with E-state index in [-0.39, 0.29) is 0 Å². The van der Waals surface area contributed by atoms with Gasteiger partial charge in [0, 0.05) is 17.8 Å². The van der Waals surface area contributed by atoms with Crippen LogP contribution >= 0.6 is 0 Å². The Hall–Kier alpha value is -3.07. The number of fused-ring (bicyclic) bond motifs is 1. The molecule has 4 rings (SSSR count). The topological polar surface area (TPSA) is 27.1 Å². The van der Waals surface area contributed by atoms with E-state index in [1.165, 1.54) is 5.56 Å². The Balaban J connectivity index is 1.60. The largest absolute Gasteiger partial charge is 0.489 e. The summed E-state index contributed by atoms with van der Waals surface area (Å²) in [6.45, 7) is 0.577. The maximum Gasteiger partial charge on any atom is 0.137 e. The van der Waals surface area contributed by atoms with Crippen LogP contribution in [0.15, 0.2) is 85.2 Å². The van der Waals surface area contributed by atoms with Crippen molar-refractivity contribution in [3.05, 3.63) is 90.8 Å². The van der Waals surface area contributed by atoms with Gasteiger partial charge in [-0.3, -0.25) is 0 Å². The maximum absolute atomic E-state index is 5.89. The Morgan fingerprint density at radius 3 is 2.57 bits per heavy atom. The summed E-state index contributed by atoms with van der Waals surface area (Å²) in [5.41, 5.74) is 2.29. The molecule has 0 aliphatic rings. The van der Waals surface area contributed by atoms with Crippen LogP contribution in [0.1, 0.15) is 5.56 Å². The van der Waals surface area contributed by atoms with Gasteiger partial charge in [0.2, 0.25) is 0 Å². The zero-order valence-electron chi connectivity index (χ0n) is 12.6. The zero-order chi connectivity index (χ0) is 15.5. The fourth-order valence-corrected chi connectivity index (χ4v) is 2.65. The number of hydrogen-bond acceptors (Lipinski definition) is 2. The number of hydrogen-bond donors (Lipinski definition) is 0. The zero-order valence-corrected chi connectivity index (χ0v) is 12.6. The minimum atomic E-state index is 0.577. The number of benzene rings is 2. The molecule has 0 atom stereocenters. The highest BCUT2D eigenvalue weighted by molar-refractivity contribution is 5.83. The number of aromatic nitrogens is 2. The summed E-state index contributed by atoms with van der Waals surface area (Å²) in [5, 5.41) is 1.14. The lowest BCUT2D eigenvalue weighted by atomic mass is 10.2. The fraction of sp³-hybridized carbons (Fsp3) is 0.0500. The van der Waals surface area contributed by atoms with Crippen LogP contribution < -0.4 is 4.74 Å². The lowest BCUT2D eigenvalue weighted by molar-refractivity contribution is 0.306. The molecule has 0 aliphatic carbocycles. The van der Waals surface area contributed by atoms with E-state index in [1.807, 2.05) is 48.7 Å². The van der Waals surface area contributed by atoms with Gasteiger partial charge < -0.3 is 9.30 Å². The van der Waals surface area contributed by atoms with Crippen molar-refractivity contribution in [1.82, 2.24) is 9.55 Å². The molecule has 112 valence electrons. The van der Waals surface area contributed by atoms with E-state index in [0.29, 0.717) is 6.61 Å². The molecule has 3 nitrogen and oxygen atoms in total. The average Bonchev–Trinajstić information content (AvgIpc) is 3.05. The highest BCUT2D eigenvalue weighted by atomic mass is 16.5. The molecule has 2 heterocycles. The third-order valence-electron chi connectivity index (χ3n) is 3.81. The summed E-state index contributed by atoms with van der Waals surface area (Å²) in [7, 11) is 0. The SMILES string of the molecule is c1ccc(COc2ccc3c(ccn3-c3ccccn3)c2)cc1. The minimum absolute atomic E-state index is 0.577. The predicted octanol–water partition coefficient (Wildman–Crippen LogP) is 4.60. The van der Waals surface area contributed by atoms with Gasteiger partial charge in [0.25, 0.3) is 0 Å². The molecule has 0 saturated carbocycles. The summed E-state index contributed by atoms with van der Waals surface area (Å²) in [6, 6.07) is 24.3. The van der Waals surface area contributed by atoms with Crippen LogP contribution in [0.2, 0.25) is 0 Å². The Morgan fingerprint density at radius 1 is 0.870 bits per heavy atom.